The zero-order valence-electron chi connectivity index (χ0n) is 25.2. The van der Waals surface area contributed by atoms with Crippen molar-refractivity contribution < 1.29 is 20.1 Å². The molecule has 0 fully saturated rings. The molecule has 2 aromatic carbocycles. The summed E-state index contributed by atoms with van der Waals surface area (Å²) in [4.78, 5) is 0. The van der Waals surface area contributed by atoms with Gasteiger partial charge < -0.3 is 20.1 Å². The van der Waals surface area contributed by atoms with Crippen LogP contribution in [0.5, 0.6) is 23.0 Å². The van der Waals surface area contributed by atoms with E-state index in [1.807, 2.05) is 45.9 Å². The highest BCUT2D eigenvalue weighted by Crippen LogP contribution is 2.39. The van der Waals surface area contributed by atoms with Crippen LogP contribution in [-0.2, 0) is 31.1 Å². The first-order valence-electron chi connectivity index (χ1n) is 13.8. The van der Waals surface area contributed by atoms with E-state index < -0.39 is 5.41 Å². The largest absolute Gasteiger partial charge is 0.508 e. The van der Waals surface area contributed by atoms with Gasteiger partial charge in [0.25, 0.3) is 0 Å². The topological polar surface area (TPSA) is 69.9 Å². The fraction of sp³-hybridized carbons (Fsp3) is 0.429. The second kappa shape index (κ2) is 14.1. The van der Waals surface area contributed by atoms with E-state index in [1.165, 1.54) is 17.2 Å². The summed E-state index contributed by atoms with van der Waals surface area (Å²) >= 11 is 0. The first kappa shape index (κ1) is 31.8. The number of phenols is 3. The van der Waals surface area contributed by atoms with E-state index >= 15 is 0 Å². The molecule has 2 rings (SSSR count). The van der Waals surface area contributed by atoms with Crippen molar-refractivity contribution in [2.24, 2.45) is 0 Å². The molecule has 39 heavy (non-hydrogen) atoms. The standard InChI is InChI=1S/C35H48O4/c1-10-35(8,9)30-20-27(31(36)22-32(30)37)13-11-12-26-21-33(39-19-18-25(6)7)34(38)29(17-15-24(4)5)28(26)16-14-23(2)3/h10,14-15,18,20-22,36-38H,1,11-13,16-17,19H2,2-9H3. The average molecular weight is 533 g/mol. The van der Waals surface area contributed by atoms with Gasteiger partial charge in [0.05, 0.1) is 0 Å². The van der Waals surface area contributed by atoms with Crippen molar-refractivity contribution in [3.8, 4) is 23.0 Å². The highest BCUT2D eigenvalue weighted by atomic mass is 16.5. The van der Waals surface area contributed by atoms with E-state index in [2.05, 4.69) is 46.4 Å². The summed E-state index contributed by atoms with van der Waals surface area (Å²) < 4.78 is 6.04. The van der Waals surface area contributed by atoms with Gasteiger partial charge in [-0.25, -0.2) is 0 Å². The van der Waals surface area contributed by atoms with Gasteiger partial charge in [-0.15, -0.1) is 6.58 Å². The molecule has 0 amide bonds. The van der Waals surface area contributed by atoms with Gasteiger partial charge in [-0.05, 0) is 109 Å². The smallest absolute Gasteiger partial charge is 0.161 e. The van der Waals surface area contributed by atoms with Crippen molar-refractivity contribution in [2.45, 2.75) is 92.9 Å². The summed E-state index contributed by atoms with van der Waals surface area (Å²) in [7, 11) is 0. The van der Waals surface area contributed by atoms with E-state index in [4.69, 9.17) is 4.74 Å². The van der Waals surface area contributed by atoms with Crippen LogP contribution < -0.4 is 4.74 Å². The molecule has 0 bridgehead atoms. The molecule has 0 heterocycles. The molecule has 0 aliphatic rings. The molecule has 4 nitrogen and oxygen atoms in total. The van der Waals surface area contributed by atoms with Crippen LogP contribution in [0.4, 0.5) is 0 Å². The molecule has 0 radical (unpaired) electrons. The van der Waals surface area contributed by atoms with Gasteiger partial charge in [0.1, 0.15) is 18.1 Å². The van der Waals surface area contributed by atoms with Crippen LogP contribution in [0.3, 0.4) is 0 Å². The Morgan fingerprint density at radius 2 is 1.33 bits per heavy atom. The second-order valence-corrected chi connectivity index (χ2v) is 11.7. The molecular weight excluding hydrogens is 484 g/mol. The minimum atomic E-state index is -0.418. The van der Waals surface area contributed by atoms with E-state index in [0.29, 0.717) is 25.2 Å². The minimum absolute atomic E-state index is 0.0748. The molecule has 0 aliphatic carbocycles. The highest BCUT2D eigenvalue weighted by Gasteiger charge is 2.23. The molecule has 0 unspecified atom stereocenters. The van der Waals surface area contributed by atoms with Crippen molar-refractivity contribution in [1.82, 2.24) is 0 Å². The Kier molecular flexibility index (Phi) is 11.5. The van der Waals surface area contributed by atoms with Crippen molar-refractivity contribution >= 4 is 0 Å². The van der Waals surface area contributed by atoms with Gasteiger partial charge >= 0.3 is 0 Å². The van der Waals surface area contributed by atoms with E-state index in [-0.39, 0.29) is 17.2 Å². The molecule has 3 N–H and O–H groups in total. The Balaban J connectivity index is 2.50. The number of hydrogen-bond donors (Lipinski definition) is 3. The van der Waals surface area contributed by atoms with Gasteiger partial charge in [-0.2, -0.15) is 0 Å². The van der Waals surface area contributed by atoms with Crippen LogP contribution in [-0.4, -0.2) is 21.9 Å². The number of phenolic OH excluding ortho intramolecular Hbond substituents is 3. The summed E-state index contributed by atoms with van der Waals surface area (Å²) in [5, 5.41) is 32.3. The Hall–Kier alpha value is -3.40. The number of ether oxygens (including phenoxy) is 1. The number of aromatic hydroxyl groups is 3. The molecule has 2 aromatic rings. The first-order valence-corrected chi connectivity index (χ1v) is 13.8. The summed E-state index contributed by atoms with van der Waals surface area (Å²) in [6.45, 7) is 20.6. The lowest BCUT2D eigenvalue weighted by molar-refractivity contribution is 0.333. The third-order valence-corrected chi connectivity index (χ3v) is 7.03. The molecule has 0 atom stereocenters. The zero-order valence-corrected chi connectivity index (χ0v) is 25.2. The third kappa shape index (κ3) is 9.09. The number of benzene rings is 2. The lowest BCUT2D eigenvalue weighted by Gasteiger charge is -2.23. The molecule has 212 valence electrons. The van der Waals surface area contributed by atoms with Crippen LogP contribution in [0.2, 0.25) is 0 Å². The van der Waals surface area contributed by atoms with Crippen LogP contribution >= 0.6 is 0 Å². The SMILES string of the molecule is C=CC(C)(C)c1cc(CCCc2cc(OCC=C(C)C)c(O)c(CC=C(C)C)c2CC=C(C)C)c(O)cc1O. The second-order valence-electron chi connectivity index (χ2n) is 11.7. The number of aryl methyl sites for hydroxylation is 2. The van der Waals surface area contributed by atoms with Gasteiger partial charge in [0.15, 0.2) is 11.5 Å². The van der Waals surface area contributed by atoms with Gasteiger partial charge in [0.2, 0.25) is 0 Å². The summed E-state index contributed by atoms with van der Waals surface area (Å²) in [5.41, 5.74) is 7.88. The molecule has 0 aromatic heterocycles. The zero-order chi connectivity index (χ0) is 29.3. The van der Waals surface area contributed by atoms with Gasteiger partial charge in [-0.1, -0.05) is 48.8 Å². The minimum Gasteiger partial charge on any atom is -0.508 e. The Labute approximate surface area is 236 Å². The van der Waals surface area contributed by atoms with E-state index in [9.17, 15) is 15.3 Å². The maximum Gasteiger partial charge on any atom is 0.161 e. The predicted molar refractivity (Wildman–Crippen MR) is 164 cm³/mol. The molecule has 0 aliphatic heterocycles. The molecule has 0 saturated heterocycles. The average Bonchev–Trinajstić information content (AvgIpc) is 2.84. The van der Waals surface area contributed by atoms with Crippen LogP contribution in [0.25, 0.3) is 0 Å². The summed E-state index contributed by atoms with van der Waals surface area (Å²) in [6, 6.07) is 5.31. The normalized spacial score (nSPS) is 11.1. The highest BCUT2D eigenvalue weighted by molar-refractivity contribution is 5.56. The van der Waals surface area contributed by atoms with Crippen molar-refractivity contribution in [3.05, 3.63) is 93.6 Å². The Bertz CT molecular complexity index is 1250. The first-order chi connectivity index (χ1) is 18.3. The van der Waals surface area contributed by atoms with E-state index in [1.54, 1.807) is 6.08 Å². The molecular formula is C35H48O4. The van der Waals surface area contributed by atoms with Crippen molar-refractivity contribution in [3.63, 3.8) is 0 Å². The number of rotatable bonds is 13. The lowest BCUT2D eigenvalue weighted by Crippen LogP contribution is -2.13. The Morgan fingerprint density at radius 3 is 1.90 bits per heavy atom. The van der Waals surface area contributed by atoms with Crippen LogP contribution in [0, 0.1) is 0 Å². The lowest BCUT2D eigenvalue weighted by atomic mass is 9.82. The number of allylic oxidation sites excluding steroid dienone is 6. The monoisotopic (exact) mass is 532 g/mol. The quantitative estimate of drug-likeness (QED) is 0.225. The maximum absolute atomic E-state index is 11.3. The van der Waals surface area contributed by atoms with Gasteiger partial charge in [-0.3, -0.25) is 0 Å². The fourth-order valence-electron chi connectivity index (χ4n) is 4.43. The van der Waals surface area contributed by atoms with Crippen molar-refractivity contribution in [1.29, 1.82) is 0 Å². The fourth-order valence-corrected chi connectivity index (χ4v) is 4.43. The number of hydrogen-bond acceptors (Lipinski definition) is 4. The third-order valence-electron chi connectivity index (χ3n) is 7.03. The van der Waals surface area contributed by atoms with Gasteiger partial charge in [0, 0.05) is 22.6 Å². The summed E-state index contributed by atoms with van der Waals surface area (Å²) in [5.74, 6) is 0.887. The summed E-state index contributed by atoms with van der Waals surface area (Å²) in [6.07, 6.45) is 11.7. The molecule has 0 saturated carbocycles. The van der Waals surface area contributed by atoms with Crippen molar-refractivity contribution in [2.75, 3.05) is 6.61 Å². The molecule has 4 heteroatoms. The molecule has 0 spiro atoms. The maximum atomic E-state index is 11.3. The predicted octanol–water partition coefficient (Wildman–Crippen LogP) is 8.80. The van der Waals surface area contributed by atoms with Crippen LogP contribution in [0.1, 0.15) is 89.6 Å². The Morgan fingerprint density at radius 1 is 0.769 bits per heavy atom. The van der Waals surface area contributed by atoms with Crippen LogP contribution in [0.15, 0.2) is 65.8 Å². The van der Waals surface area contributed by atoms with E-state index in [0.717, 1.165) is 52.7 Å².